The molecule has 4 nitrogen and oxygen atoms in total. The minimum absolute atomic E-state index is 0.175. The highest BCUT2D eigenvalue weighted by Crippen LogP contribution is 2.10. The van der Waals surface area contributed by atoms with E-state index in [1.54, 1.807) is 0 Å². The van der Waals surface area contributed by atoms with Gasteiger partial charge in [-0.1, -0.05) is 64.7 Å². The van der Waals surface area contributed by atoms with Crippen molar-refractivity contribution in [1.82, 2.24) is 0 Å². The Kier molecular flexibility index (Phi) is 18.9. The predicted octanol–water partition coefficient (Wildman–Crippen LogP) is 4.89. The molecule has 0 rings (SSSR count). The summed E-state index contributed by atoms with van der Waals surface area (Å²) in [5.41, 5.74) is 0. The minimum atomic E-state index is -0.175. The number of rotatable bonds is 18. The van der Waals surface area contributed by atoms with E-state index in [2.05, 4.69) is 11.7 Å². The number of methoxy groups -OCH3 is 1. The van der Waals surface area contributed by atoms with Gasteiger partial charge >= 0.3 is 5.97 Å². The summed E-state index contributed by atoms with van der Waals surface area (Å²) in [7, 11) is 1.41. The predicted molar refractivity (Wildman–Crippen MR) is 94.7 cm³/mol. The zero-order chi connectivity index (χ0) is 17.0. The second kappa shape index (κ2) is 19.4. The maximum Gasteiger partial charge on any atom is 0.305 e. The number of carbonyl (C=O) groups is 1. The lowest BCUT2D eigenvalue weighted by molar-refractivity contribution is -0.141. The van der Waals surface area contributed by atoms with E-state index in [-0.39, 0.29) is 5.97 Å². The van der Waals surface area contributed by atoms with E-state index in [4.69, 9.17) is 9.47 Å². The van der Waals surface area contributed by atoms with Gasteiger partial charge in [-0.2, -0.15) is 0 Å². The molecule has 0 aromatic carbocycles. The van der Waals surface area contributed by atoms with Gasteiger partial charge in [0, 0.05) is 19.6 Å². The Labute approximate surface area is 143 Å². The molecule has 0 amide bonds. The molecule has 0 saturated heterocycles. The van der Waals surface area contributed by atoms with Crippen LogP contribution >= 0.6 is 0 Å². The maximum atomic E-state index is 10.9. The molecule has 0 fully saturated rings. The summed E-state index contributed by atoms with van der Waals surface area (Å²) in [6.45, 7) is 4.95. The van der Waals surface area contributed by atoms with Crippen LogP contribution in [0.2, 0.25) is 0 Å². The van der Waals surface area contributed by atoms with Crippen molar-refractivity contribution in [3.05, 3.63) is 0 Å². The van der Waals surface area contributed by atoms with Crippen molar-refractivity contribution >= 4 is 5.97 Å². The first-order chi connectivity index (χ1) is 11.3. The summed E-state index contributed by atoms with van der Waals surface area (Å²) >= 11 is 0. The lowest BCUT2D eigenvalue weighted by Gasteiger charge is -2.06. The molecule has 0 atom stereocenters. The third-order valence-corrected chi connectivity index (χ3v) is 3.91. The van der Waals surface area contributed by atoms with E-state index >= 15 is 0 Å². The number of unbranched alkanes of at least 4 members (excludes halogenated alkanes) is 9. The fraction of sp³-hybridized carbons (Fsp3) is 0.947. The molecule has 0 aliphatic carbocycles. The minimum Gasteiger partial charge on any atom is -0.469 e. The lowest BCUT2D eigenvalue weighted by atomic mass is 10.1. The van der Waals surface area contributed by atoms with Crippen molar-refractivity contribution in [3.63, 3.8) is 0 Å². The standard InChI is InChI=1S/C19H38O4/c1-3-4-5-6-7-8-9-10-11-12-15-22-17-18-23-16-13-14-19(20)21-2/h3-18H2,1-2H3. The van der Waals surface area contributed by atoms with Gasteiger partial charge in [-0.15, -0.1) is 0 Å². The fourth-order valence-corrected chi connectivity index (χ4v) is 2.43. The first-order valence-electron chi connectivity index (χ1n) is 9.53. The van der Waals surface area contributed by atoms with Gasteiger partial charge in [0.25, 0.3) is 0 Å². The average Bonchev–Trinajstić information content (AvgIpc) is 2.57. The van der Waals surface area contributed by atoms with Gasteiger partial charge in [-0.25, -0.2) is 0 Å². The van der Waals surface area contributed by atoms with Gasteiger partial charge in [0.15, 0.2) is 0 Å². The van der Waals surface area contributed by atoms with Crippen LogP contribution in [0.4, 0.5) is 0 Å². The zero-order valence-electron chi connectivity index (χ0n) is 15.4. The SMILES string of the molecule is CCCCCCCCCCCCOCCOCCCC(=O)OC. The number of esters is 1. The molecule has 0 radical (unpaired) electrons. The lowest BCUT2D eigenvalue weighted by Crippen LogP contribution is -2.08. The number of hydrogen-bond acceptors (Lipinski definition) is 4. The third-order valence-electron chi connectivity index (χ3n) is 3.91. The van der Waals surface area contributed by atoms with Gasteiger partial charge in [-0.05, 0) is 12.8 Å². The summed E-state index contributed by atoms with van der Waals surface area (Å²) in [4.78, 5) is 10.9. The van der Waals surface area contributed by atoms with E-state index in [1.807, 2.05) is 0 Å². The second-order valence-corrected chi connectivity index (χ2v) is 6.09. The largest absolute Gasteiger partial charge is 0.469 e. The highest BCUT2D eigenvalue weighted by Gasteiger charge is 1.99. The molecule has 4 heteroatoms. The van der Waals surface area contributed by atoms with E-state index in [9.17, 15) is 4.79 Å². The normalized spacial score (nSPS) is 10.9. The quantitative estimate of drug-likeness (QED) is 0.265. The Morgan fingerprint density at radius 3 is 1.65 bits per heavy atom. The van der Waals surface area contributed by atoms with Crippen LogP contribution < -0.4 is 0 Å². The fourth-order valence-electron chi connectivity index (χ4n) is 2.43. The molecule has 138 valence electrons. The number of ether oxygens (including phenoxy) is 3. The molecule has 0 aromatic heterocycles. The molecule has 0 saturated carbocycles. The first kappa shape index (κ1) is 22.4. The molecule has 0 unspecified atom stereocenters. The Morgan fingerprint density at radius 1 is 0.652 bits per heavy atom. The summed E-state index contributed by atoms with van der Waals surface area (Å²) in [5.74, 6) is -0.175. The molecule has 0 aliphatic rings. The Hall–Kier alpha value is -0.610. The molecule has 0 aliphatic heterocycles. The van der Waals surface area contributed by atoms with Gasteiger partial charge in [0.1, 0.15) is 0 Å². The highest BCUT2D eigenvalue weighted by atomic mass is 16.5. The van der Waals surface area contributed by atoms with E-state index in [0.717, 1.165) is 13.0 Å². The monoisotopic (exact) mass is 330 g/mol. The van der Waals surface area contributed by atoms with Crippen molar-refractivity contribution in [3.8, 4) is 0 Å². The van der Waals surface area contributed by atoms with E-state index < -0.39 is 0 Å². The number of hydrogen-bond donors (Lipinski definition) is 0. The summed E-state index contributed by atoms with van der Waals surface area (Å²) in [5, 5.41) is 0. The van der Waals surface area contributed by atoms with Crippen LogP contribution in [-0.4, -0.2) is 39.5 Å². The highest BCUT2D eigenvalue weighted by molar-refractivity contribution is 5.68. The maximum absolute atomic E-state index is 10.9. The first-order valence-corrected chi connectivity index (χ1v) is 9.53. The van der Waals surface area contributed by atoms with Crippen molar-refractivity contribution in [2.75, 3.05) is 33.5 Å². The molecular formula is C19H38O4. The van der Waals surface area contributed by atoms with Crippen molar-refractivity contribution in [1.29, 1.82) is 0 Å². The van der Waals surface area contributed by atoms with Gasteiger partial charge in [-0.3, -0.25) is 4.79 Å². The van der Waals surface area contributed by atoms with Crippen molar-refractivity contribution in [2.24, 2.45) is 0 Å². The van der Waals surface area contributed by atoms with Crippen LogP contribution in [-0.2, 0) is 19.0 Å². The van der Waals surface area contributed by atoms with Gasteiger partial charge < -0.3 is 14.2 Å². The molecule has 0 N–H and O–H groups in total. The van der Waals surface area contributed by atoms with Crippen LogP contribution in [0.3, 0.4) is 0 Å². The Bertz CT molecular complexity index is 244. The van der Waals surface area contributed by atoms with Crippen LogP contribution in [0.1, 0.15) is 84.0 Å². The summed E-state index contributed by atoms with van der Waals surface area (Å²) in [6, 6.07) is 0. The Balaban J connectivity index is 2.99. The van der Waals surface area contributed by atoms with Gasteiger partial charge in [0.05, 0.1) is 20.3 Å². The van der Waals surface area contributed by atoms with Crippen LogP contribution in [0.25, 0.3) is 0 Å². The molecular weight excluding hydrogens is 292 g/mol. The second-order valence-electron chi connectivity index (χ2n) is 6.09. The molecule has 0 bridgehead atoms. The molecule has 0 spiro atoms. The van der Waals surface area contributed by atoms with Crippen LogP contribution in [0.5, 0.6) is 0 Å². The van der Waals surface area contributed by atoms with E-state index in [1.165, 1.54) is 64.9 Å². The summed E-state index contributed by atoms with van der Waals surface area (Å²) < 4.78 is 15.5. The zero-order valence-corrected chi connectivity index (χ0v) is 15.4. The van der Waals surface area contributed by atoms with Crippen LogP contribution in [0.15, 0.2) is 0 Å². The number of carbonyl (C=O) groups excluding carboxylic acids is 1. The molecule has 23 heavy (non-hydrogen) atoms. The molecule has 0 heterocycles. The smallest absolute Gasteiger partial charge is 0.305 e. The summed E-state index contributed by atoms with van der Waals surface area (Å²) in [6.07, 6.45) is 14.6. The van der Waals surface area contributed by atoms with E-state index in [0.29, 0.717) is 32.7 Å². The van der Waals surface area contributed by atoms with Crippen molar-refractivity contribution < 1.29 is 19.0 Å². The average molecular weight is 331 g/mol. The Morgan fingerprint density at radius 2 is 1.13 bits per heavy atom. The molecule has 0 aromatic rings. The van der Waals surface area contributed by atoms with Gasteiger partial charge in [0.2, 0.25) is 0 Å². The van der Waals surface area contributed by atoms with Crippen molar-refractivity contribution in [2.45, 2.75) is 84.0 Å². The van der Waals surface area contributed by atoms with Crippen LogP contribution in [0, 0.1) is 0 Å². The topological polar surface area (TPSA) is 44.8 Å². The third kappa shape index (κ3) is 19.3.